The lowest BCUT2D eigenvalue weighted by atomic mass is 10.2. The maximum atomic E-state index is 11.2. The number of amides is 1. The van der Waals surface area contributed by atoms with E-state index in [1.54, 1.807) is 11.6 Å². The minimum atomic E-state index is -0.557. The fraction of sp³-hybridized carbons (Fsp3) is 0.182. The maximum Gasteiger partial charge on any atom is 0.250 e. The Balaban J connectivity index is 2.22. The van der Waals surface area contributed by atoms with Crippen LogP contribution in [0.5, 0.6) is 0 Å². The van der Waals surface area contributed by atoms with Crippen LogP contribution >= 0.6 is 11.3 Å². The molecule has 0 fully saturated rings. The largest absolute Gasteiger partial charge is 0.397 e. The monoisotopic (exact) mass is 263 g/mol. The van der Waals surface area contributed by atoms with Crippen molar-refractivity contribution in [3.05, 3.63) is 34.4 Å². The van der Waals surface area contributed by atoms with Crippen LogP contribution in [0, 0.1) is 0 Å². The lowest BCUT2D eigenvalue weighted by Gasteiger charge is -2.17. The van der Waals surface area contributed by atoms with Crippen molar-refractivity contribution >= 4 is 28.7 Å². The highest BCUT2D eigenvalue weighted by molar-refractivity contribution is 7.07. The number of hydrogen-bond acceptors (Lipinski definition) is 6. The number of primary amides is 1. The second kappa shape index (κ2) is 5.01. The van der Waals surface area contributed by atoms with E-state index in [-0.39, 0.29) is 11.3 Å². The fourth-order valence-corrected chi connectivity index (χ4v) is 2.07. The molecule has 4 N–H and O–H groups in total. The van der Waals surface area contributed by atoms with Crippen molar-refractivity contribution in [3.8, 4) is 0 Å². The van der Waals surface area contributed by atoms with E-state index in [2.05, 4.69) is 9.97 Å². The Morgan fingerprint density at radius 1 is 1.50 bits per heavy atom. The van der Waals surface area contributed by atoms with Gasteiger partial charge in [0.05, 0.1) is 35.2 Å². The summed E-state index contributed by atoms with van der Waals surface area (Å²) in [7, 11) is 1.86. The van der Waals surface area contributed by atoms with Crippen LogP contribution in [0.4, 0.5) is 11.5 Å². The molecule has 6 nitrogen and oxygen atoms in total. The van der Waals surface area contributed by atoms with Crippen molar-refractivity contribution in [2.24, 2.45) is 5.73 Å². The number of anilines is 2. The van der Waals surface area contributed by atoms with Crippen LogP contribution in [-0.4, -0.2) is 22.9 Å². The number of nitrogens with zero attached hydrogens (tertiary/aromatic N) is 3. The summed E-state index contributed by atoms with van der Waals surface area (Å²) in [5.41, 5.74) is 14.2. The van der Waals surface area contributed by atoms with Gasteiger partial charge >= 0.3 is 0 Å². The van der Waals surface area contributed by atoms with Gasteiger partial charge in [0.25, 0.3) is 5.91 Å². The zero-order chi connectivity index (χ0) is 13.1. The van der Waals surface area contributed by atoms with Crippen molar-refractivity contribution in [2.45, 2.75) is 6.54 Å². The van der Waals surface area contributed by atoms with Crippen LogP contribution in [-0.2, 0) is 6.54 Å². The second-order valence-electron chi connectivity index (χ2n) is 3.83. The van der Waals surface area contributed by atoms with Gasteiger partial charge in [0.1, 0.15) is 5.82 Å². The van der Waals surface area contributed by atoms with Crippen LogP contribution in [0.25, 0.3) is 0 Å². The molecule has 1 amide bonds. The summed E-state index contributed by atoms with van der Waals surface area (Å²) in [6.45, 7) is 0.610. The Hall–Kier alpha value is -2.15. The third-order valence-electron chi connectivity index (χ3n) is 2.46. The third kappa shape index (κ3) is 2.57. The Labute approximate surface area is 108 Å². The molecule has 7 heteroatoms. The first-order valence-electron chi connectivity index (χ1n) is 5.21. The van der Waals surface area contributed by atoms with E-state index < -0.39 is 5.91 Å². The number of hydrogen-bond donors (Lipinski definition) is 2. The topological polar surface area (TPSA) is 98.1 Å². The summed E-state index contributed by atoms with van der Waals surface area (Å²) in [4.78, 5) is 21.4. The van der Waals surface area contributed by atoms with E-state index in [1.807, 2.05) is 17.3 Å². The molecule has 0 saturated heterocycles. The van der Waals surface area contributed by atoms with Gasteiger partial charge in [-0.3, -0.25) is 4.79 Å². The standard InChI is InChI=1S/C11H13N5OS/c1-16(4-7-5-18-6-15-7)10-2-8(11(13)17)9(12)3-14-10/h2-3,5-6H,4,12H2,1H3,(H2,13,17). The van der Waals surface area contributed by atoms with Gasteiger partial charge in [-0.1, -0.05) is 0 Å². The molecule has 0 spiro atoms. The van der Waals surface area contributed by atoms with Gasteiger partial charge in [0.2, 0.25) is 0 Å². The average Bonchev–Trinajstić information content (AvgIpc) is 2.81. The Kier molecular flexibility index (Phi) is 3.42. The number of carbonyl (C=O) groups excluding carboxylic acids is 1. The average molecular weight is 263 g/mol. The van der Waals surface area contributed by atoms with Crippen molar-refractivity contribution in [2.75, 3.05) is 17.7 Å². The van der Waals surface area contributed by atoms with Gasteiger partial charge in [-0.15, -0.1) is 11.3 Å². The summed E-state index contributed by atoms with van der Waals surface area (Å²) in [5.74, 6) is 0.0733. The van der Waals surface area contributed by atoms with Crippen molar-refractivity contribution in [3.63, 3.8) is 0 Å². The van der Waals surface area contributed by atoms with E-state index in [0.717, 1.165) is 5.69 Å². The maximum absolute atomic E-state index is 11.2. The van der Waals surface area contributed by atoms with Gasteiger partial charge < -0.3 is 16.4 Å². The predicted octanol–water partition coefficient (Wildman–Crippen LogP) is 0.856. The molecule has 2 aromatic rings. The molecule has 94 valence electrons. The molecule has 0 radical (unpaired) electrons. The summed E-state index contributed by atoms with van der Waals surface area (Å²) in [5, 5.41) is 1.96. The van der Waals surface area contributed by atoms with E-state index in [4.69, 9.17) is 11.5 Å². The smallest absolute Gasteiger partial charge is 0.250 e. The molecule has 18 heavy (non-hydrogen) atoms. The summed E-state index contributed by atoms with van der Waals surface area (Å²) >= 11 is 1.53. The lowest BCUT2D eigenvalue weighted by molar-refractivity contribution is 0.100. The zero-order valence-electron chi connectivity index (χ0n) is 9.83. The number of nitrogens with two attached hydrogens (primary N) is 2. The fourth-order valence-electron chi connectivity index (χ4n) is 1.52. The first kappa shape index (κ1) is 12.3. The van der Waals surface area contributed by atoms with Crippen molar-refractivity contribution < 1.29 is 4.79 Å². The molecular formula is C11H13N5OS. The first-order chi connectivity index (χ1) is 8.58. The molecular weight excluding hydrogens is 250 g/mol. The molecule has 0 aliphatic carbocycles. The summed E-state index contributed by atoms with van der Waals surface area (Å²) in [6.07, 6.45) is 1.44. The highest BCUT2D eigenvalue weighted by Gasteiger charge is 2.11. The molecule has 2 aromatic heterocycles. The number of thiazole rings is 1. The molecule has 0 aliphatic heterocycles. The molecule has 0 unspecified atom stereocenters. The van der Waals surface area contributed by atoms with Crippen LogP contribution in [0.15, 0.2) is 23.2 Å². The summed E-state index contributed by atoms with van der Waals surface area (Å²) < 4.78 is 0. The molecule has 0 atom stereocenters. The van der Waals surface area contributed by atoms with Gasteiger partial charge in [0, 0.05) is 12.4 Å². The van der Waals surface area contributed by atoms with Crippen LogP contribution in [0.1, 0.15) is 16.1 Å². The van der Waals surface area contributed by atoms with Crippen LogP contribution in [0.3, 0.4) is 0 Å². The molecule has 0 bridgehead atoms. The van der Waals surface area contributed by atoms with E-state index >= 15 is 0 Å². The normalized spacial score (nSPS) is 10.3. The van der Waals surface area contributed by atoms with Crippen LogP contribution < -0.4 is 16.4 Å². The molecule has 2 rings (SSSR count). The predicted molar refractivity (Wildman–Crippen MR) is 71.4 cm³/mol. The Morgan fingerprint density at radius 3 is 2.89 bits per heavy atom. The van der Waals surface area contributed by atoms with Crippen molar-refractivity contribution in [1.82, 2.24) is 9.97 Å². The minimum Gasteiger partial charge on any atom is -0.397 e. The van der Waals surface area contributed by atoms with E-state index in [0.29, 0.717) is 12.4 Å². The van der Waals surface area contributed by atoms with Crippen LogP contribution in [0.2, 0.25) is 0 Å². The summed E-state index contributed by atoms with van der Waals surface area (Å²) in [6, 6.07) is 1.59. The number of carbonyl (C=O) groups is 1. The quantitative estimate of drug-likeness (QED) is 0.852. The Bertz CT molecular complexity index is 555. The zero-order valence-corrected chi connectivity index (χ0v) is 10.6. The second-order valence-corrected chi connectivity index (χ2v) is 4.55. The van der Waals surface area contributed by atoms with E-state index in [9.17, 15) is 4.79 Å². The molecule has 0 aromatic carbocycles. The number of aromatic nitrogens is 2. The molecule has 2 heterocycles. The first-order valence-corrected chi connectivity index (χ1v) is 6.15. The third-order valence-corrected chi connectivity index (χ3v) is 3.09. The highest BCUT2D eigenvalue weighted by Crippen LogP contribution is 2.18. The number of nitrogen functional groups attached to an aromatic ring is 1. The molecule has 0 aliphatic rings. The van der Waals surface area contributed by atoms with Gasteiger partial charge in [-0.2, -0.15) is 0 Å². The number of pyridine rings is 1. The van der Waals surface area contributed by atoms with E-state index in [1.165, 1.54) is 17.5 Å². The Morgan fingerprint density at radius 2 is 2.28 bits per heavy atom. The van der Waals surface area contributed by atoms with Crippen molar-refractivity contribution in [1.29, 1.82) is 0 Å². The lowest BCUT2D eigenvalue weighted by Crippen LogP contribution is -2.20. The highest BCUT2D eigenvalue weighted by atomic mass is 32.1. The minimum absolute atomic E-state index is 0.283. The van der Waals surface area contributed by atoms with Gasteiger partial charge in [-0.05, 0) is 6.07 Å². The SMILES string of the molecule is CN(Cc1cscn1)c1cc(C(N)=O)c(N)cn1. The number of rotatable bonds is 4. The molecule has 0 saturated carbocycles. The van der Waals surface area contributed by atoms with Gasteiger partial charge in [0.15, 0.2) is 0 Å². The van der Waals surface area contributed by atoms with Gasteiger partial charge in [-0.25, -0.2) is 9.97 Å².